The van der Waals surface area contributed by atoms with E-state index in [4.69, 9.17) is 6.42 Å². The van der Waals surface area contributed by atoms with E-state index < -0.39 is 0 Å². The lowest BCUT2D eigenvalue weighted by Gasteiger charge is -2.34. The maximum Gasteiger partial charge on any atom is 0.239 e. The number of amides is 1. The maximum atomic E-state index is 12.4. The molecule has 0 spiro atoms. The van der Waals surface area contributed by atoms with Crippen molar-refractivity contribution in [3.05, 3.63) is 48.4 Å². The van der Waals surface area contributed by atoms with Gasteiger partial charge >= 0.3 is 0 Å². The van der Waals surface area contributed by atoms with Gasteiger partial charge in [0.15, 0.2) is 0 Å². The van der Waals surface area contributed by atoms with Crippen LogP contribution >= 0.6 is 0 Å². The van der Waals surface area contributed by atoms with Crippen LogP contribution in [-0.2, 0) is 4.79 Å². The minimum absolute atomic E-state index is 0.0348. The minimum Gasteiger partial charge on any atom is -0.376 e. The third kappa shape index (κ3) is 3.91. The first kappa shape index (κ1) is 17.9. The van der Waals surface area contributed by atoms with Gasteiger partial charge < -0.3 is 20.5 Å². The number of piperidine rings is 1. The number of carbonyl (C=O) groups excluding carboxylic acids is 1. The number of carbonyl (C=O) groups is 1. The summed E-state index contributed by atoms with van der Waals surface area (Å²) in [5.74, 6) is 3.47. The Balaban J connectivity index is 1.35. The monoisotopic (exact) mass is 374 g/mol. The van der Waals surface area contributed by atoms with E-state index in [1.807, 2.05) is 36.5 Å². The molecule has 7 nitrogen and oxygen atoms in total. The second kappa shape index (κ2) is 8.01. The summed E-state index contributed by atoms with van der Waals surface area (Å²) in [7, 11) is 0. The van der Waals surface area contributed by atoms with Crippen LogP contribution in [0.3, 0.4) is 0 Å². The number of nitrogens with zero attached hydrogens (tertiary/aromatic N) is 3. The molecule has 2 aromatic heterocycles. The molecule has 4 rings (SSSR count). The summed E-state index contributed by atoms with van der Waals surface area (Å²) in [5.41, 5.74) is 2.45. The fraction of sp³-hybridized carbons (Fsp3) is 0.286. The third-order valence-corrected chi connectivity index (χ3v) is 4.90. The molecule has 1 atom stereocenters. The quantitative estimate of drug-likeness (QED) is 0.596. The summed E-state index contributed by atoms with van der Waals surface area (Å²) in [6, 6.07) is 9.56. The van der Waals surface area contributed by atoms with Crippen molar-refractivity contribution < 1.29 is 4.79 Å². The van der Waals surface area contributed by atoms with Crippen LogP contribution in [-0.4, -0.2) is 46.5 Å². The van der Waals surface area contributed by atoms with Gasteiger partial charge in [-0.25, -0.2) is 9.97 Å². The molecular weight excluding hydrogens is 352 g/mol. The lowest BCUT2D eigenvalue weighted by molar-refractivity contribution is -0.120. The molecule has 0 bridgehead atoms. The standard InChI is InChI=1S/C21H22N6O/c1-2-15-5-3-6-16(11-15)23-12-19(28)26-17-7-4-10-27(13-17)21-18-8-9-22-20(18)24-14-25-21/h1,3,5-6,8-9,11,14,17,23H,4,7,10,12-13H2,(H,26,28)(H,22,24,25)/t17-/m1/s1. The molecule has 0 radical (unpaired) electrons. The van der Waals surface area contributed by atoms with Gasteiger partial charge in [0.05, 0.1) is 11.9 Å². The number of aromatic nitrogens is 3. The molecule has 0 unspecified atom stereocenters. The molecular formula is C21H22N6O. The van der Waals surface area contributed by atoms with Crippen molar-refractivity contribution >= 4 is 28.4 Å². The second-order valence-electron chi connectivity index (χ2n) is 6.87. The average molecular weight is 374 g/mol. The van der Waals surface area contributed by atoms with Crippen LogP contribution in [0, 0.1) is 12.3 Å². The van der Waals surface area contributed by atoms with Crippen LogP contribution in [0.25, 0.3) is 11.0 Å². The van der Waals surface area contributed by atoms with E-state index >= 15 is 0 Å². The number of rotatable bonds is 5. The SMILES string of the molecule is C#Cc1cccc(NCC(=O)N[C@@H]2CCCN(c3ncnc4[nH]ccc34)C2)c1. The molecule has 142 valence electrons. The van der Waals surface area contributed by atoms with E-state index in [0.717, 1.165) is 54.0 Å². The number of H-pyrrole nitrogens is 1. The number of nitrogens with one attached hydrogen (secondary N) is 3. The first-order valence-corrected chi connectivity index (χ1v) is 9.36. The first-order chi connectivity index (χ1) is 13.7. The Bertz CT molecular complexity index is 1020. The zero-order chi connectivity index (χ0) is 19.3. The Hall–Kier alpha value is -3.53. The minimum atomic E-state index is -0.0348. The van der Waals surface area contributed by atoms with Crippen molar-refractivity contribution in [1.82, 2.24) is 20.3 Å². The average Bonchev–Trinajstić information content (AvgIpc) is 3.21. The van der Waals surface area contributed by atoms with Crippen molar-refractivity contribution in [1.29, 1.82) is 0 Å². The molecule has 1 amide bonds. The highest BCUT2D eigenvalue weighted by atomic mass is 16.2. The van der Waals surface area contributed by atoms with Crippen molar-refractivity contribution in [2.24, 2.45) is 0 Å². The Kier molecular flexibility index (Phi) is 5.11. The molecule has 1 aliphatic heterocycles. The van der Waals surface area contributed by atoms with Crippen LogP contribution in [0.2, 0.25) is 0 Å². The van der Waals surface area contributed by atoms with Crippen LogP contribution in [0.1, 0.15) is 18.4 Å². The Labute approximate surface area is 163 Å². The zero-order valence-electron chi connectivity index (χ0n) is 15.5. The molecule has 3 aromatic rings. The van der Waals surface area contributed by atoms with Crippen molar-refractivity contribution in [2.75, 3.05) is 29.9 Å². The van der Waals surface area contributed by atoms with E-state index in [1.54, 1.807) is 6.33 Å². The lowest BCUT2D eigenvalue weighted by Crippen LogP contribution is -2.49. The fourth-order valence-electron chi connectivity index (χ4n) is 3.58. The molecule has 3 N–H and O–H groups in total. The van der Waals surface area contributed by atoms with Gasteiger partial charge in [-0.3, -0.25) is 4.79 Å². The van der Waals surface area contributed by atoms with Gasteiger partial charge in [0.2, 0.25) is 5.91 Å². The van der Waals surface area contributed by atoms with E-state index in [1.165, 1.54) is 0 Å². The predicted molar refractivity (Wildman–Crippen MR) is 110 cm³/mol. The molecule has 7 heteroatoms. The van der Waals surface area contributed by atoms with Crippen molar-refractivity contribution in [3.8, 4) is 12.3 Å². The summed E-state index contributed by atoms with van der Waals surface area (Å²) >= 11 is 0. The maximum absolute atomic E-state index is 12.4. The van der Waals surface area contributed by atoms with E-state index in [2.05, 4.69) is 36.4 Å². The highest BCUT2D eigenvalue weighted by molar-refractivity contribution is 5.87. The van der Waals surface area contributed by atoms with Gasteiger partial charge in [-0.1, -0.05) is 12.0 Å². The van der Waals surface area contributed by atoms with Crippen molar-refractivity contribution in [3.63, 3.8) is 0 Å². The first-order valence-electron chi connectivity index (χ1n) is 9.36. The van der Waals surface area contributed by atoms with Crippen LogP contribution < -0.4 is 15.5 Å². The summed E-state index contributed by atoms with van der Waals surface area (Å²) in [6.45, 7) is 1.86. The van der Waals surface area contributed by atoms with Crippen LogP contribution in [0.15, 0.2) is 42.9 Å². The molecule has 0 aliphatic carbocycles. The van der Waals surface area contributed by atoms with Gasteiger partial charge in [-0.15, -0.1) is 6.42 Å². The molecule has 1 aromatic carbocycles. The Morgan fingerprint density at radius 3 is 3.18 bits per heavy atom. The number of terminal acetylenes is 1. The second-order valence-corrected chi connectivity index (χ2v) is 6.87. The lowest BCUT2D eigenvalue weighted by atomic mass is 10.1. The normalized spacial score (nSPS) is 16.5. The predicted octanol–water partition coefficient (Wildman–Crippen LogP) is 2.14. The summed E-state index contributed by atoms with van der Waals surface area (Å²) in [6.07, 6.45) is 10.8. The largest absolute Gasteiger partial charge is 0.376 e. The van der Waals surface area contributed by atoms with Crippen LogP contribution in [0.4, 0.5) is 11.5 Å². The summed E-state index contributed by atoms with van der Waals surface area (Å²) in [4.78, 5) is 26.4. The van der Waals surface area contributed by atoms with Gasteiger partial charge in [0.1, 0.15) is 17.8 Å². The molecule has 1 aliphatic rings. The topological polar surface area (TPSA) is 85.9 Å². The third-order valence-electron chi connectivity index (χ3n) is 4.90. The number of aromatic amines is 1. The van der Waals surface area contributed by atoms with E-state index in [9.17, 15) is 4.79 Å². The fourth-order valence-corrected chi connectivity index (χ4v) is 3.58. The Morgan fingerprint density at radius 1 is 1.36 bits per heavy atom. The Morgan fingerprint density at radius 2 is 2.29 bits per heavy atom. The summed E-state index contributed by atoms with van der Waals surface area (Å²) in [5, 5.41) is 7.26. The summed E-state index contributed by atoms with van der Waals surface area (Å²) < 4.78 is 0. The van der Waals surface area contributed by atoms with Gasteiger partial charge in [0, 0.05) is 36.6 Å². The molecule has 0 saturated carbocycles. The van der Waals surface area contributed by atoms with Gasteiger partial charge in [-0.2, -0.15) is 0 Å². The number of hydrogen-bond donors (Lipinski definition) is 3. The number of benzene rings is 1. The van der Waals surface area contributed by atoms with Gasteiger partial charge in [-0.05, 0) is 37.1 Å². The zero-order valence-corrected chi connectivity index (χ0v) is 15.5. The van der Waals surface area contributed by atoms with Gasteiger partial charge in [0.25, 0.3) is 0 Å². The number of hydrogen-bond acceptors (Lipinski definition) is 5. The molecule has 1 saturated heterocycles. The van der Waals surface area contributed by atoms with Crippen LogP contribution in [0.5, 0.6) is 0 Å². The molecule has 28 heavy (non-hydrogen) atoms. The number of anilines is 2. The number of fused-ring (bicyclic) bond motifs is 1. The molecule has 1 fully saturated rings. The molecule has 3 heterocycles. The van der Waals surface area contributed by atoms with E-state index in [-0.39, 0.29) is 18.5 Å². The van der Waals surface area contributed by atoms with E-state index in [0.29, 0.717) is 0 Å². The smallest absolute Gasteiger partial charge is 0.239 e. The highest BCUT2D eigenvalue weighted by Crippen LogP contribution is 2.25. The highest BCUT2D eigenvalue weighted by Gasteiger charge is 2.23. The van der Waals surface area contributed by atoms with Crippen molar-refractivity contribution in [2.45, 2.75) is 18.9 Å².